The maximum absolute atomic E-state index is 11.9. The molecule has 9 heteroatoms. The molecule has 0 aromatic heterocycles. The van der Waals surface area contributed by atoms with Crippen LogP contribution in [0.5, 0.6) is 5.75 Å². The Balaban J connectivity index is 2.38. The van der Waals surface area contributed by atoms with E-state index in [0.29, 0.717) is 18.0 Å². The highest BCUT2D eigenvalue weighted by molar-refractivity contribution is 7.89. The van der Waals surface area contributed by atoms with E-state index in [1.54, 1.807) is 19.1 Å². The molecule has 1 N–H and O–H groups in total. The van der Waals surface area contributed by atoms with E-state index < -0.39 is 14.9 Å². The van der Waals surface area contributed by atoms with Gasteiger partial charge in [0.05, 0.1) is 16.9 Å². The highest BCUT2D eigenvalue weighted by atomic mass is 32.2. The van der Waals surface area contributed by atoms with Gasteiger partial charge in [-0.05, 0) is 36.9 Å². The molecular formula is C16H19N3O5S. The zero-order valence-electron chi connectivity index (χ0n) is 14.1. The lowest BCUT2D eigenvalue weighted by molar-refractivity contribution is -0.384. The number of benzene rings is 2. The highest BCUT2D eigenvalue weighted by Crippen LogP contribution is 2.31. The lowest BCUT2D eigenvalue weighted by Gasteiger charge is -2.20. The predicted octanol–water partition coefficient (Wildman–Crippen LogP) is 2.15. The molecule has 134 valence electrons. The second-order valence-corrected chi connectivity index (χ2v) is 7.21. The molecule has 0 bridgehead atoms. The van der Waals surface area contributed by atoms with Crippen LogP contribution in [0.25, 0.3) is 0 Å². The van der Waals surface area contributed by atoms with Gasteiger partial charge < -0.3 is 9.64 Å². The Hall–Kier alpha value is -2.65. The van der Waals surface area contributed by atoms with Crippen LogP contribution in [0.1, 0.15) is 5.56 Å². The molecule has 0 aliphatic rings. The van der Waals surface area contributed by atoms with Crippen molar-refractivity contribution in [2.24, 2.45) is 0 Å². The molecule has 0 heterocycles. The fraction of sp³-hybridized carbons (Fsp3) is 0.250. The standard InChI is InChI=1S/C16H19N3O5S/c1-17-25(22,23)14-7-8-15(16(10-14)19(20)21)18(2)11-12-5-4-6-13(9-12)24-3/h4-10,17H,11H2,1-3H3. The van der Waals surface area contributed by atoms with E-state index in [1.807, 2.05) is 24.3 Å². The summed E-state index contributed by atoms with van der Waals surface area (Å²) in [4.78, 5) is 12.3. The quantitative estimate of drug-likeness (QED) is 0.596. The average molecular weight is 365 g/mol. The number of hydrogen-bond acceptors (Lipinski definition) is 6. The number of hydrogen-bond donors (Lipinski definition) is 1. The van der Waals surface area contributed by atoms with E-state index in [4.69, 9.17) is 4.74 Å². The minimum atomic E-state index is -3.75. The fourth-order valence-electron chi connectivity index (χ4n) is 2.39. The topological polar surface area (TPSA) is 102 Å². The van der Waals surface area contributed by atoms with Crippen molar-refractivity contribution in [3.05, 3.63) is 58.1 Å². The molecule has 8 nitrogen and oxygen atoms in total. The van der Waals surface area contributed by atoms with Gasteiger partial charge in [0, 0.05) is 19.7 Å². The second kappa shape index (κ2) is 7.49. The van der Waals surface area contributed by atoms with E-state index in [2.05, 4.69) is 4.72 Å². The van der Waals surface area contributed by atoms with Gasteiger partial charge in [0.1, 0.15) is 11.4 Å². The molecule has 25 heavy (non-hydrogen) atoms. The van der Waals surface area contributed by atoms with Crippen molar-refractivity contribution in [2.45, 2.75) is 11.4 Å². The highest BCUT2D eigenvalue weighted by Gasteiger charge is 2.22. The molecule has 0 atom stereocenters. The van der Waals surface area contributed by atoms with Crippen LogP contribution in [0.4, 0.5) is 11.4 Å². The summed E-state index contributed by atoms with van der Waals surface area (Å²) in [7, 11) is 0.766. The number of rotatable bonds is 7. The summed E-state index contributed by atoms with van der Waals surface area (Å²) >= 11 is 0. The Morgan fingerprint density at radius 3 is 2.56 bits per heavy atom. The van der Waals surface area contributed by atoms with Gasteiger partial charge in [0.2, 0.25) is 10.0 Å². The number of nitrogens with zero attached hydrogens (tertiary/aromatic N) is 2. The number of anilines is 1. The molecule has 2 rings (SSSR count). The molecule has 0 saturated carbocycles. The molecule has 0 unspecified atom stereocenters. The molecule has 0 saturated heterocycles. The number of sulfonamides is 1. The Labute approximate surface area is 146 Å². The molecule has 0 fully saturated rings. The molecular weight excluding hydrogens is 346 g/mol. The van der Waals surface area contributed by atoms with Crippen LogP contribution in [0.3, 0.4) is 0 Å². The zero-order chi connectivity index (χ0) is 18.6. The van der Waals surface area contributed by atoms with Gasteiger partial charge in [-0.2, -0.15) is 0 Å². The van der Waals surface area contributed by atoms with Gasteiger partial charge in [-0.15, -0.1) is 0 Å². The van der Waals surface area contributed by atoms with Gasteiger partial charge in [-0.1, -0.05) is 12.1 Å². The molecule has 0 aliphatic carbocycles. The number of methoxy groups -OCH3 is 1. The zero-order valence-corrected chi connectivity index (χ0v) is 14.9. The molecule has 0 aliphatic heterocycles. The van der Waals surface area contributed by atoms with Gasteiger partial charge >= 0.3 is 0 Å². The van der Waals surface area contributed by atoms with Crippen molar-refractivity contribution in [1.29, 1.82) is 0 Å². The number of nitro groups is 1. The minimum Gasteiger partial charge on any atom is -0.497 e. The molecule has 0 spiro atoms. The van der Waals surface area contributed by atoms with E-state index in [-0.39, 0.29) is 10.6 Å². The van der Waals surface area contributed by atoms with Crippen LogP contribution >= 0.6 is 0 Å². The lowest BCUT2D eigenvalue weighted by atomic mass is 10.2. The van der Waals surface area contributed by atoms with Crippen LogP contribution in [0.15, 0.2) is 47.4 Å². The maximum Gasteiger partial charge on any atom is 0.293 e. The van der Waals surface area contributed by atoms with Crippen LogP contribution in [0.2, 0.25) is 0 Å². The number of nitrogens with one attached hydrogen (secondary N) is 1. The van der Waals surface area contributed by atoms with Crippen molar-refractivity contribution in [1.82, 2.24) is 4.72 Å². The first kappa shape index (κ1) is 18.7. The second-order valence-electron chi connectivity index (χ2n) is 5.32. The summed E-state index contributed by atoms with van der Waals surface area (Å²) in [6.07, 6.45) is 0. The molecule has 0 amide bonds. The minimum absolute atomic E-state index is 0.153. The van der Waals surface area contributed by atoms with Crippen LogP contribution in [-0.2, 0) is 16.6 Å². The van der Waals surface area contributed by atoms with Crippen LogP contribution in [0, 0.1) is 10.1 Å². The largest absolute Gasteiger partial charge is 0.497 e. The van der Waals surface area contributed by atoms with Crippen molar-refractivity contribution in [3.8, 4) is 5.75 Å². The van der Waals surface area contributed by atoms with E-state index in [9.17, 15) is 18.5 Å². The smallest absolute Gasteiger partial charge is 0.293 e. The maximum atomic E-state index is 11.9. The van der Waals surface area contributed by atoms with Crippen molar-refractivity contribution < 1.29 is 18.1 Å². The Kier molecular flexibility index (Phi) is 5.60. The van der Waals surface area contributed by atoms with Gasteiger partial charge in [-0.3, -0.25) is 10.1 Å². The summed E-state index contributed by atoms with van der Waals surface area (Å²) in [5, 5.41) is 11.4. The third kappa shape index (κ3) is 4.25. The number of nitro benzene ring substituents is 1. The summed E-state index contributed by atoms with van der Waals surface area (Å²) < 4.78 is 31.0. The molecule has 0 radical (unpaired) electrons. The monoisotopic (exact) mass is 365 g/mol. The number of ether oxygens (including phenoxy) is 1. The first-order valence-electron chi connectivity index (χ1n) is 7.34. The third-order valence-electron chi connectivity index (χ3n) is 3.69. The average Bonchev–Trinajstić information content (AvgIpc) is 2.61. The van der Waals surface area contributed by atoms with Crippen molar-refractivity contribution in [2.75, 3.05) is 26.1 Å². The third-order valence-corrected chi connectivity index (χ3v) is 5.10. The molecule has 2 aromatic rings. The summed E-state index contributed by atoms with van der Waals surface area (Å²) in [5.41, 5.74) is 0.952. The van der Waals surface area contributed by atoms with Crippen LogP contribution in [-0.4, -0.2) is 34.5 Å². The normalized spacial score (nSPS) is 11.2. The molecule has 2 aromatic carbocycles. The lowest BCUT2D eigenvalue weighted by Crippen LogP contribution is -2.20. The van der Waals surface area contributed by atoms with Crippen molar-refractivity contribution in [3.63, 3.8) is 0 Å². The van der Waals surface area contributed by atoms with E-state index in [1.165, 1.54) is 19.2 Å². The Morgan fingerprint density at radius 2 is 1.96 bits per heavy atom. The van der Waals surface area contributed by atoms with E-state index >= 15 is 0 Å². The summed E-state index contributed by atoms with van der Waals surface area (Å²) in [6.45, 7) is 0.399. The summed E-state index contributed by atoms with van der Waals surface area (Å²) in [5.74, 6) is 0.691. The van der Waals surface area contributed by atoms with Gasteiger partial charge in [0.25, 0.3) is 5.69 Å². The van der Waals surface area contributed by atoms with E-state index in [0.717, 1.165) is 11.6 Å². The van der Waals surface area contributed by atoms with Crippen molar-refractivity contribution >= 4 is 21.4 Å². The Bertz CT molecular complexity index is 883. The van der Waals surface area contributed by atoms with Gasteiger partial charge in [0.15, 0.2) is 0 Å². The first-order chi connectivity index (χ1) is 11.8. The van der Waals surface area contributed by atoms with Crippen LogP contribution < -0.4 is 14.4 Å². The first-order valence-corrected chi connectivity index (χ1v) is 8.83. The fourth-order valence-corrected chi connectivity index (χ4v) is 3.14. The summed E-state index contributed by atoms with van der Waals surface area (Å²) in [6, 6.07) is 11.2. The Morgan fingerprint density at radius 1 is 1.24 bits per heavy atom. The van der Waals surface area contributed by atoms with Gasteiger partial charge in [-0.25, -0.2) is 13.1 Å². The SMILES string of the molecule is CNS(=O)(=O)c1ccc(N(C)Cc2cccc(OC)c2)c([N+](=O)[O-])c1. The predicted molar refractivity (Wildman–Crippen MR) is 94.4 cm³/mol.